The van der Waals surface area contributed by atoms with E-state index in [9.17, 15) is 0 Å². The van der Waals surface area contributed by atoms with Gasteiger partial charge in [0.05, 0.1) is 0 Å². The van der Waals surface area contributed by atoms with Crippen LogP contribution in [0.3, 0.4) is 0 Å². The fraction of sp³-hybridized carbons (Fsp3) is 0.316. The molecule has 4 aromatic carbocycles. The van der Waals surface area contributed by atoms with Crippen molar-refractivity contribution in [1.82, 2.24) is 10.2 Å². The van der Waals surface area contributed by atoms with E-state index in [0.717, 1.165) is 30.5 Å². The van der Waals surface area contributed by atoms with E-state index in [1.54, 1.807) is 0 Å². The molecule has 0 aliphatic carbocycles. The first-order valence-electron chi connectivity index (χ1n) is 16.4. The van der Waals surface area contributed by atoms with Crippen LogP contribution in [0.25, 0.3) is 0 Å². The van der Waals surface area contributed by atoms with Crippen molar-refractivity contribution < 1.29 is 4.74 Å². The van der Waals surface area contributed by atoms with Gasteiger partial charge in [0.1, 0.15) is 0 Å². The third-order valence-electron chi connectivity index (χ3n) is 8.72. The predicted octanol–water partition coefficient (Wildman–Crippen LogP) is 7.47. The molecular formula is C38H47BrN5OP. The first-order chi connectivity index (χ1) is 22.4. The van der Waals surface area contributed by atoms with Crippen LogP contribution in [0.15, 0.2) is 125 Å². The number of halogens is 1. The minimum absolute atomic E-state index is 0.346. The van der Waals surface area contributed by atoms with E-state index in [1.165, 1.54) is 54.4 Å². The number of guanidine groups is 2. The Kier molecular flexibility index (Phi) is 11.5. The van der Waals surface area contributed by atoms with Gasteiger partial charge in [0.15, 0.2) is 12.1 Å². The van der Waals surface area contributed by atoms with Gasteiger partial charge in [-0.2, -0.15) is 0 Å². The van der Waals surface area contributed by atoms with E-state index in [2.05, 4.69) is 122 Å². The van der Waals surface area contributed by atoms with Crippen molar-refractivity contribution in [2.45, 2.75) is 51.1 Å². The zero-order valence-corrected chi connectivity index (χ0v) is 29.5. The summed E-state index contributed by atoms with van der Waals surface area (Å²) >= 11 is 4.58. The van der Waals surface area contributed by atoms with Crippen LogP contribution >= 0.6 is 20.8 Å². The molecule has 1 aliphatic rings. The molecule has 8 heteroatoms. The molecule has 0 spiro atoms. The Labute approximate surface area is 282 Å². The van der Waals surface area contributed by atoms with Gasteiger partial charge in [-0.1, -0.05) is 12.1 Å². The van der Waals surface area contributed by atoms with Crippen LogP contribution < -0.4 is 31.7 Å². The van der Waals surface area contributed by atoms with Crippen molar-refractivity contribution in [2.75, 3.05) is 26.9 Å². The van der Waals surface area contributed by atoms with Gasteiger partial charge in [0.2, 0.25) is 5.96 Å². The summed E-state index contributed by atoms with van der Waals surface area (Å²) in [5.74, 6) is 1.95. The Balaban J connectivity index is 1.08. The Bertz CT molecular complexity index is 1480. The summed E-state index contributed by atoms with van der Waals surface area (Å²) in [6.45, 7) is 0.726. The number of ether oxygens (including phenoxy) is 1. The third-order valence-corrected chi connectivity index (χ3v) is 18.8. The van der Waals surface area contributed by atoms with Crippen LogP contribution in [0.2, 0.25) is 0 Å². The number of unbranched alkanes of at least 4 members (excludes halogenated alkanes) is 6. The van der Waals surface area contributed by atoms with E-state index in [0.29, 0.717) is 11.9 Å². The molecule has 6 nitrogen and oxygen atoms in total. The summed E-state index contributed by atoms with van der Waals surface area (Å²) in [6, 6.07) is 41.4. The summed E-state index contributed by atoms with van der Waals surface area (Å²) in [5, 5.41) is 4.38. The molecule has 0 amide bonds. The second kappa shape index (κ2) is 15.8. The van der Waals surface area contributed by atoms with Crippen molar-refractivity contribution in [3.8, 4) is 5.75 Å². The number of nitrogens with two attached hydrogens (primary N) is 1. The Hall–Kier alpha value is -3.67. The molecule has 1 aliphatic heterocycles. The van der Waals surface area contributed by atoms with Gasteiger partial charge in [-0.3, -0.25) is 5.32 Å². The Morgan fingerprint density at radius 1 is 0.674 bits per heavy atom. The molecule has 5 rings (SSSR count). The molecule has 1 unspecified atom stereocenters. The second-order valence-corrected chi connectivity index (χ2v) is 21.2. The standard InChI is InChI=1S/C38H47BrN5OP/c1-44(2)38-42-36(41-37(40)43-38)31-25-27-32(28-26-31)45-29-17-6-4-3-5-7-18-30-46(39,33-19-11-8-12-20-33,34-21-13-9-14-22-34)35-23-15-10-16-24-35/h8-16,19-28,36H,3-7,17-18,29-30H2,1-2H3,(H3,40,41,42,43). The van der Waals surface area contributed by atoms with Crippen molar-refractivity contribution in [3.63, 3.8) is 0 Å². The molecular weight excluding hydrogens is 653 g/mol. The van der Waals surface area contributed by atoms with E-state index in [4.69, 9.17) is 10.5 Å². The Morgan fingerprint density at radius 3 is 1.65 bits per heavy atom. The quantitative estimate of drug-likeness (QED) is 0.0998. The maximum atomic E-state index is 6.03. The molecule has 46 heavy (non-hydrogen) atoms. The minimum Gasteiger partial charge on any atom is -0.370 e. The van der Waals surface area contributed by atoms with Crippen molar-refractivity contribution in [3.05, 3.63) is 121 Å². The van der Waals surface area contributed by atoms with Crippen molar-refractivity contribution in [1.29, 1.82) is 0 Å². The van der Waals surface area contributed by atoms with Crippen LogP contribution in [0.5, 0.6) is 5.75 Å². The van der Waals surface area contributed by atoms with Crippen molar-refractivity contribution >= 4 is 48.6 Å². The summed E-state index contributed by atoms with van der Waals surface area (Å²) in [5.41, 5.74) is 6.94. The molecule has 0 fully saturated rings. The fourth-order valence-electron chi connectivity index (χ4n) is 6.20. The number of hydrogen-bond acceptors (Lipinski definition) is 6. The third kappa shape index (κ3) is 7.82. The van der Waals surface area contributed by atoms with Gasteiger partial charge in [-0.25, -0.2) is 9.98 Å². The van der Waals surface area contributed by atoms with Gasteiger partial charge in [-0.15, -0.1) is 0 Å². The first-order valence-corrected chi connectivity index (χ1v) is 20.8. The number of nitrogens with zero attached hydrogens (tertiary/aromatic N) is 3. The molecule has 0 bridgehead atoms. The summed E-state index contributed by atoms with van der Waals surface area (Å²) < 4.78 is 6.03. The maximum absolute atomic E-state index is 6.03. The number of benzene rings is 4. The van der Waals surface area contributed by atoms with Crippen molar-refractivity contribution in [2.24, 2.45) is 15.7 Å². The molecule has 0 saturated heterocycles. The van der Waals surface area contributed by atoms with Gasteiger partial charge < -0.3 is 10.6 Å². The van der Waals surface area contributed by atoms with Crippen LogP contribution in [-0.2, 0) is 0 Å². The number of hydrogen-bond donors (Lipinski definition) is 2. The minimum atomic E-state index is -2.81. The van der Waals surface area contributed by atoms with Crippen LogP contribution in [0, 0.1) is 0 Å². The molecule has 0 radical (unpaired) electrons. The molecule has 3 N–H and O–H groups in total. The Morgan fingerprint density at radius 2 is 1.15 bits per heavy atom. The van der Waals surface area contributed by atoms with Gasteiger partial charge in [0.25, 0.3) is 0 Å². The van der Waals surface area contributed by atoms with E-state index in [1.807, 2.05) is 43.3 Å². The van der Waals surface area contributed by atoms with Gasteiger partial charge in [-0.05, 0) is 5.56 Å². The summed E-state index contributed by atoms with van der Waals surface area (Å²) in [7, 11) is 3.85. The second-order valence-electron chi connectivity index (χ2n) is 12.2. The molecule has 1 heterocycles. The number of nitrogens with one attached hydrogen (secondary N) is 1. The average Bonchev–Trinajstić information content (AvgIpc) is 3.10. The molecule has 4 aromatic rings. The topological polar surface area (TPSA) is 75.2 Å². The van der Waals surface area contributed by atoms with Gasteiger partial charge >= 0.3 is 208 Å². The molecule has 242 valence electrons. The van der Waals surface area contributed by atoms with E-state index < -0.39 is 5.31 Å². The fourth-order valence-corrected chi connectivity index (χ4v) is 14.0. The molecule has 1 atom stereocenters. The zero-order valence-electron chi connectivity index (χ0n) is 27.1. The number of rotatable bonds is 15. The van der Waals surface area contributed by atoms with Gasteiger partial charge in [0, 0.05) is 14.1 Å². The smallest absolute Gasteiger partial charge is 0.370 e. The molecule has 0 saturated carbocycles. The summed E-state index contributed by atoms with van der Waals surface area (Å²) in [4.78, 5) is 10.9. The van der Waals surface area contributed by atoms with Crippen LogP contribution in [0.4, 0.5) is 0 Å². The van der Waals surface area contributed by atoms with Crippen LogP contribution in [0.1, 0.15) is 56.7 Å². The monoisotopic (exact) mass is 699 g/mol. The SMILES string of the molecule is CN(C)C1=NC(c2ccc(OCCCCCCCCCP(Br)(c3ccccc3)(c3ccccc3)c3ccccc3)cc2)N=C(N)N1. The normalized spacial score (nSPS) is 15.5. The zero-order chi connectivity index (χ0) is 32.3. The van der Waals surface area contributed by atoms with E-state index in [-0.39, 0.29) is 6.17 Å². The van der Waals surface area contributed by atoms with Crippen LogP contribution in [-0.4, -0.2) is 43.7 Å². The average molecular weight is 701 g/mol. The van der Waals surface area contributed by atoms with E-state index >= 15 is 0 Å². The number of aliphatic imine (C=N–C) groups is 2. The first kappa shape index (κ1) is 33.7. The molecule has 0 aromatic heterocycles. The predicted molar refractivity (Wildman–Crippen MR) is 202 cm³/mol. The summed E-state index contributed by atoms with van der Waals surface area (Å²) in [6.07, 6.45) is 9.14.